The molecule has 1 heterocycles. The van der Waals surface area contributed by atoms with Gasteiger partial charge in [0.1, 0.15) is 5.75 Å². The van der Waals surface area contributed by atoms with Crippen LogP contribution in [0.1, 0.15) is 48.1 Å². The molecule has 9 nitrogen and oxygen atoms in total. The van der Waals surface area contributed by atoms with Crippen LogP contribution in [0, 0.1) is 0 Å². The van der Waals surface area contributed by atoms with Crippen molar-refractivity contribution >= 4 is 17.7 Å². The normalized spacial score (nSPS) is 13.8. The van der Waals surface area contributed by atoms with Gasteiger partial charge in [-0.15, -0.1) is 0 Å². The molecule has 9 heteroatoms. The Morgan fingerprint density at radius 3 is 2.38 bits per heavy atom. The second-order valence-electron chi connectivity index (χ2n) is 7.97. The fourth-order valence-electron chi connectivity index (χ4n) is 3.82. The second-order valence-corrected chi connectivity index (χ2v) is 7.97. The van der Waals surface area contributed by atoms with Gasteiger partial charge < -0.3 is 30.2 Å². The zero-order valence-electron chi connectivity index (χ0n) is 19.5. The van der Waals surface area contributed by atoms with Gasteiger partial charge in [0.05, 0.1) is 13.2 Å². The number of nitrogens with zero attached hydrogens (tertiary/aromatic N) is 1. The fraction of sp³-hybridized carbons (Fsp3) is 0.400. The minimum atomic E-state index is -0.613. The van der Waals surface area contributed by atoms with Gasteiger partial charge in [0.15, 0.2) is 24.7 Å². The Morgan fingerprint density at radius 2 is 1.71 bits per heavy atom. The van der Waals surface area contributed by atoms with Gasteiger partial charge in [0, 0.05) is 24.2 Å². The first kappa shape index (κ1) is 24.9. The van der Waals surface area contributed by atoms with Gasteiger partial charge in [0.25, 0.3) is 17.7 Å². The Kier molecular flexibility index (Phi) is 8.73. The molecule has 2 aromatic carbocycles. The maximum atomic E-state index is 13.0. The van der Waals surface area contributed by atoms with Gasteiger partial charge in [-0.05, 0) is 43.5 Å². The van der Waals surface area contributed by atoms with Crippen molar-refractivity contribution in [3.05, 3.63) is 53.6 Å². The van der Waals surface area contributed by atoms with Gasteiger partial charge in [-0.2, -0.15) is 0 Å². The summed E-state index contributed by atoms with van der Waals surface area (Å²) in [5, 5.41) is 3.02. The number of amides is 3. The Balaban J connectivity index is 1.70. The number of carbonyl (C=O) groups excluding carboxylic acids is 3. The van der Waals surface area contributed by atoms with Crippen molar-refractivity contribution in [3.8, 4) is 17.2 Å². The lowest BCUT2D eigenvalue weighted by atomic mass is 10.0. The number of nitrogens with one attached hydrogen (secondary N) is 1. The number of hydrogen-bond acceptors (Lipinski definition) is 6. The van der Waals surface area contributed by atoms with E-state index in [9.17, 15) is 14.4 Å². The molecule has 0 radical (unpaired) electrons. The second kappa shape index (κ2) is 11.9. The number of carbonyl (C=O) groups is 3. The molecule has 3 N–H and O–H groups in total. The van der Waals surface area contributed by atoms with E-state index in [2.05, 4.69) is 5.32 Å². The maximum Gasteiger partial charge on any atom is 0.260 e. The summed E-state index contributed by atoms with van der Waals surface area (Å²) in [6, 6.07) is 11.7. The number of para-hydroxylation sites is 1. The number of primary amides is 1. The van der Waals surface area contributed by atoms with Crippen LogP contribution in [0.5, 0.6) is 17.2 Å². The molecule has 0 spiro atoms. The highest BCUT2D eigenvalue weighted by atomic mass is 16.5. The van der Waals surface area contributed by atoms with Crippen LogP contribution in [0.3, 0.4) is 0 Å². The van der Waals surface area contributed by atoms with Gasteiger partial charge in [-0.3, -0.25) is 14.4 Å². The lowest BCUT2D eigenvalue weighted by molar-refractivity contribution is -0.132. The monoisotopic (exact) mass is 469 g/mol. The predicted molar refractivity (Wildman–Crippen MR) is 126 cm³/mol. The Morgan fingerprint density at radius 1 is 1.00 bits per heavy atom. The third-order valence-electron chi connectivity index (χ3n) is 5.61. The first-order chi connectivity index (χ1) is 16.4. The number of benzene rings is 2. The van der Waals surface area contributed by atoms with E-state index in [1.165, 1.54) is 13.2 Å². The highest BCUT2D eigenvalue weighted by molar-refractivity contribution is 5.95. The van der Waals surface area contributed by atoms with E-state index in [1.54, 1.807) is 18.2 Å². The lowest BCUT2D eigenvalue weighted by Crippen LogP contribution is -2.32. The topological polar surface area (TPSA) is 120 Å². The third-order valence-corrected chi connectivity index (χ3v) is 5.61. The van der Waals surface area contributed by atoms with Crippen molar-refractivity contribution in [2.45, 2.75) is 32.2 Å². The van der Waals surface area contributed by atoms with E-state index < -0.39 is 5.91 Å². The molecule has 2 aromatic rings. The van der Waals surface area contributed by atoms with Gasteiger partial charge in [0.2, 0.25) is 0 Å². The van der Waals surface area contributed by atoms with Crippen LogP contribution >= 0.6 is 0 Å². The number of methoxy groups -OCH3 is 1. The SMILES string of the molecule is CCC(NC(=O)c1ccc(OCC(N)=O)c(OC)c1)c1ccccc1OCC(=O)N1CCCC1. The summed E-state index contributed by atoms with van der Waals surface area (Å²) in [7, 11) is 1.44. The minimum absolute atomic E-state index is 0.0323. The van der Waals surface area contributed by atoms with Crippen molar-refractivity contribution in [1.29, 1.82) is 0 Å². The summed E-state index contributed by atoms with van der Waals surface area (Å²) >= 11 is 0. The van der Waals surface area contributed by atoms with Gasteiger partial charge in [-0.1, -0.05) is 25.1 Å². The van der Waals surface area contributed by atoms with Crippen LogP contribution in [0.25, 0.3) is 0 Å². The van der Waals surface area contributed by atoms with E-state index >= 15 is 0 Å². The van der Waals surface area contributed by atoms with Crippen LogP contribution < -0.4 is 25.3 Å². The molecule has 1 fully saturated rings. The van der Waals surface area contributed by atoms with Crippen molar-refractivity contribution in [2.75, 3.05) is 33.4 Å². The summed E-state index contributed by atoms with van der Waals surface area (Å²) in [6.45, 7) is 3.17. The highest BCUT2D eigenvalue weighted by Gasteiger charge is 2.22. The molecule has 1 aliphatic heterocycles. The molecule has 0 bridgehead atoms. The Labute approximate surface area is 199 Å². The van der Waals surface area contributed by atoms with E-state index in [0.29, 0.717) is 29.2 Å². The highest BCUT2D eigenvalue weighted by Crippen LogP contribution is 2.30. The van der Waals surface area contributed by atoms with Crippen molar-refractivity contribution in [1.82, 2.24) is 10.2 Å². The number of likely N-dealkylation sites (tertiary alicyclic amines) is 1. The Bertz CT molecular complexity index is 1020. The summed E-state index contributed by atoms with van der Waals surface area (Å²) in [4.78, 5) is 38.2. The molecule has 182 valence electrons. The molecular weight excluding hydrogens is 438 g/mol. The summed E-state index contributed by atoms with van der Waals surface area (Å²) < 4.78 is 16.5. The fourth-order valence-corrected chi connectivity index (χ4v) is 3.82. The molecule has 0 aliphatic carbocycles. The van der Waals surface area contributed by atoms with Crippen molar-refractivity contribution in [3.63, 3.8) is 0 Å². The number of hydrogen-bond donors (Lipinski definition) is 2. The number of nitrogens with two attached hydrogens (primary N) is 1. The zero-order chi connectivity index (χ0) is 24.5. The van der Waals surface area contributed by atoms with Crippen LogP contribution in [0.15, 0.2) is 42.5 Å². The average molecular weight is 470 g/mol. The van der Waals surface area contributed by atoms with E-state index in [1.807, 2.05) is 30.0 Å². The van der Waals surface area contributed by atoms with Crippen LogP contribution in [-0.2, 0) is 9.59 Å². The smallest absolute Gasteiger partial charge is 0.260 e. The van der Waals surface area contributed by atoms with Crippen molar-refractivity contribution in [2.24, 2.45) is 5.73 Å². The molecule has 0 aromatic heterocycles. The lowest BCUT2D eigenvalue weighted by Gasteiger charge is -2.22. The molecule has 3 rings (SSSR count). The summed E-state index contributed by atoms with van der Waals surface area (Å²) in [5.74, 6) is 0.231. The minimum Gasteiger partial charge on any atom is -0.493 e. The molecule has 1 saturated heterocycles. The van der Waals surface area contributed by atoms with Crippen LogP contribution in [0.4, 0.5) is 0 Å². The average Bonchev–Trinajstić information content (AvgIpc) is 3.39. The van der Waals surface area contributed by atoms with E-state index in [0.717, 1.165) is 31.5 Å². The predicted octanol–water partition coefficient (Wildman–Crippen LogP) is 2.44. The van der Waals surface area contributed by atoms with Gasteiger partial charge >= 0.3 is 0 Å². The quantitative estimate of drug-likeness (QED) is 0.522. The molecular formula is C25H31N3O6. The zero-order valence-corrected chi connectivity index (χ0v) is 19.5. The first-order valence-electron chi connectivity index (χ1n) is 11.3. The number of rotatable bonds is 11. The third kappa shape index (κ3) is 6.40. The Hall–Kier alpha value is -3.75. The molecule has 34 heavy (non-hydrogen) atoms. The maximum absolute atomic E-state index is 13.0. The molecule has 1 aliphatic rings. The molecule has 1 atom stereocenters. The van der Waals surface area contributed by atoms with Gasteiger partial charge in [-0.25, -0.2) is 0 Å². The summed E-state index contributed by atoms with van der Waals surface area (Å²) in [6.07, 6.45) is 2.66. The summed E-state index contributed by atoms with van der Waals surface area (Å²) in [5.41, 5.74) is 6.27. The molecule has 0 saturated carbocycles. The number of ether oxygens (including phenoxy) is 3. The first-order valence-corrected chi connectivity index (χ1v) is 11.3. The molecule has 3 amide bonds. The standard InChI is InChI=1S/C25H31N3O6/c1-3-19(18-8-4-5-9-20(18)34-16-24(30)28-12-6-7-13-28)27-25(31)17-10-11-21(22(14-17)32-2)33-15-23(26)29/h4-5,8-11,14,19H,3,6-7,12-13,15-16H2,1-2H3,(H2,26,29)(H,27,31). The van der Waals surface area contributed by atoms with E-state index in [-0.39, 0.29) is 31.1 Å². The van der Waals surface area contributed by atoms with Crippen LogP contribution in [0.2, 0.25) is 0 Å². The van der Waals surface area contributed by atoms with Crippen molar-refractivity contribution < 1.29 is 28.6 Å². The molecule has 1 unspecified atom stereocenters. The van der Waals surface area contributed by atoms with E-state index in [4.69, 9.17) is 19.9 Å². The largest absolute Gasteiger partial charge is 0.493 e. The van der Waals surface area contributed by atoms with Crippen LogP contribution in [-0.4, -0.2) is 56.0 Å².